The third kappa shape index (κ3) is 4.94. The molecule has 0 aliphatic carbocycles. The summed E-state index contributed by atoms with van der Waals surface area (Å²) in [6.07, 6.45) is 0.363. The average Bonchev–Trinajstić information content (AvgIpc) is 2.64. The van der Waals surface area contributed by atoms with Gasteiger partial charge in [0.05, 0.1) is 6.04 Å². The van der Waals surface area contributed by atoms with Crippen molar-refractivity contribution in [3.63, 3.8) is 0 Å². The maximum atomic E-state index is 12.7. The molecule has 0 saturated heterocycles. The SMILES string of the molecule is O=C(CC(Nc1ccc(Br)cc1)c1ccc(Cl)cc1)c1ccccc1. The fourth-order valence-corrected chi connectivity index (χ4v) is 3.01. The molecule has 126 valence electrons. The largest absolute Gasteiger partial charge is 0.378 e. The Balaban J connectivity index is 1.84. The van der Waals surface area contributed by atoms with Gasteiger partial charge in [0.15, 0.2) is 5.78 Å². The molecule has 0 aliphatic heterocycles. The molecule has 4 heteroatoms. The van der Waals surface area contributed by atoms with E-state index >= 15 is 0 Å². The molecule has 0 spiro atoms. The van der Waals surface area contributed by atoms with Crippen molar-refractivity contribution in [1.29, 1.82) is 0 Å². The fraction of sp³-hybridized carbons (Fsp3) is 0.0952. The van der Waals surface area contributed by atoms with E-state index < -0.39 is 0 Å². The van der Waals surface area contributed by atoms with Crippen LogP contribution in [0.4, 0.5) is 5.69 Å². The fourth-order valence-electron chi connectivity index (χ4n) is 2.62. The van der Waals surface area contributed by atoms with Crippen LogP contribution in [-0.4, -0.2) is 5.78 Å². The zero-order valence-corrected chi connectivity index (χ0v) is 15.8. The molecule has 2 nitrogen and oxygen atoms in total. The van der Waals surface area contributed by atoms with Crippen molar-refractivity contribution in [3.05, 3.63) is 99.5 Å². The Morgan fingerprint density at radius 2 is 1.56 bits per heavy atom. The van der Waals surface area contributed by atoms with Crippen molar-refractivity contribution in [2.24, 2.45) is 0 Å². The van der Waals surface area contributed by atoms with Gasteiger partial charge in [0.1, 0.15) is 0 Å². The van der Waals surface area contributed by atoms with Crippen LogP contribution < -0.4 is 5.32 Å². The molecule has 0 radical (unpaired) electrons. The molecule has 3 aromatic carbocycles. The summed E-state index contributed by atoms with van der Waals surface area (Å²) in [7, 11) is 0. The van der Waals surface area contributed by atoms with Crippen LogP contribution in [0.25, 0.3) is 0 Å². The van der Waals surface area contributed by atoms with Gasteiger partial charge in [0.2, 0.25) is 0 Å². The smallest absolute Gasteiger partial charge is 0.165 e. The summed E-state index contributed by atoms with van der Waals surface area (Å²) in [6.45, 7) is 0. The third-order valence-corrected chi connectivity index (χ3v) is 4.72. The van der Waals surface area contributed by atoms with Crippen LogP contribution in [0.1, 0.15) is 28.4 Å². The Bertz CT molecular complexity index is 832. The molecule has 1 atom stereocenters. The number of ketones is 1. The lowest BCUT2D eigenvalue weighted by Crippen LogP contribution is -2.15. The highest BCUT2D eigenvalue weighted by atomic mass is 79.9. The molecule has 3 rings (SSSR count). The molecule has 0 aromatic heterocycles. The zero-order chi connectivity index (χ0) is 17.6. The highest BCUT2D eigenvalue weighted by Gasteiger charge is 2.17. The van der Waals surface area contributed by atoms with Crippen LogP contribution in [0.15, 0.2) is 83.3 Å². The van der Waals surface area contributed by atoms with Gasteiger partial charge in [0.25, 0.3) is 0 Å². The van der Waals surface area contributed by atoms with Gasteiger partial charge in [0, 0.05) is 27.2 Å². The summed E-state index contributed by atoms with van der Waals surface area (Å²) in [4.78, 5) is 12.7. The lowest BCUT2D eigenvalue weighted by Gasteiger charge is -2.20. The number of Topliss-reactive ketones (excluding diaryl/α,β-unsaturated/α-hetero) is 1. The topological polar surface area (TPSA) is 29.1 Å². The predicted molar refractivity (Wildman–Crippen MR) is 107 cm³/mol. The van der Waals surface area contributed by atoms with E-state index in [4.69, 9.17) is 11.6 Å². The van der Waals surface area contributed by atoms with Crippen molar-refractivity contribution in [3.8, 4) is 0 Å². The standard InChI is InChI=1S/C21H17BrClNO/c22-17-8-12-19(13-9-17)24-20(15-6-10-18(23)11-7-15)14-21(25)16-4-2-1-3-5-16/h1-13,20,24H,14H2. The first-order valence-corrected chi connectivity index (χ1v) is 9.15. The molecule has 0 bridgehead atoms. The molecule has 0 heterocycles. The molecule has 0 fully saturated rings. The Morgan fingerprint density at radius 1 is 0.920 bits per heavy atom. The minimum Gasteiger partial charge on any atom is -0.378 e. The van der Waals surface area contributed by atoms with E-state index in [0.717, 1.165) is 21.3 Å². The summed E-state index contributed by atoms with van der Waals surface area (Å²) >= 11 is 9.44. The predicted octanol–water partition coefficient (Wildman–Crippen LogP) is 6.53. The zero-order valence-electron chi connectivity index (χ0n) is 13.5. The van der Waals surface area contributed by atoms with Gasteiger partial charge in [-0.05, 0) is 42.0 Å². The summed E-state index contributed by atoms with van der Waals surface area (Å²) < 4.78 is 1.02. The van der Waals surface area contributed by atoms with Crippen LogP contribution in [0, 0.1) is 0 Å². The first-order valence-electron chi connectivity index (χ1n) is 7.97. The lowest BCUT2D eigenvalue weighted by molar-refractivity contribution is 0.0976. The Kier molecular flexibility index (Phi) is 5.90. The molecule has 0 amide bonds. The molecule has 25 heavy (non-hydrogen) atoms. The van der Waals surface area contributed by atoms with Gasteiger partial charge < -0.3 is 5.32 Å². The number of hydrogen-bond donors (Lipinski definition) is 1. The van der Waals surface area contributed by atoms with Crippen molar-refractivity contribution >= 4 is 39.0 Å². The molecule has 1 N–H and O–H groups in total. The van der Waals surface area contributed by atoms with Crippen LogP contribution in [0.2, 0.25) is 5.02 Å². The second-order valence-corrected chi connectivity index (χ2v) is 7.10. The number of carbonyl (C=O) groups excluding carboxylic acids is 1. The van der Waals surface area contributed by atoms with Crippen molar-refractivity contribution < 1.29 is 4.79 Å². The number of carbonyl (C=O) groups is 1. The molecular weight excluding hydrogens is 398 g/mol. The van der Waals surface area contributed by atoms with E-state index in [1.807, 2.05) is 78.9 Å². The quantitative estimate of drug-likeness (QED) is 0.465. The monoisotopic (exact) mass is 413 g/mol. The Morgan fingerprint density at radius 3 is 2.20 bits per heavy atom. The number of nitrogens with one attached hydrogen (secondary N) is 1. The van der Waals surface area contributed by atoms with Gasteiger partial charge >= 0.3 is 0 Å². The number of hydrogen-bond acceptors (Lipinski definition) is 2. The van der Waals surface area contributed by atoms with Crippen molar-refractivity contribution in [2.45, 2.75) is 12.5 Å². The highest BCUT2D eigenvalue weighted by molar-refractivity contribution is 9.10. The summed E-state index contributed by atoms with van der Waals surface area (Å²) in [5.41, 5.74) is 2.71. The van der Waals surface area contributed by atoms with Crippen molar-refractivity contribution in [2.75, 3.05) is 5.32 Å². The second-order valence-electron chi connectivity index (χ2n) is 5.75. The minimum atomic E-state index is -0.133. The van der Waals surface area contributed by atoms with Gasteiger partial charge in [-0.2, -0.15) is 0 Å². The normalized spacial score (nSPS) is 11.8. The maximum absolute atomic E-state index is 12.7. The molecule has 0 saturated carbocycles. The van der Waals surface area contributed by atoms with E-state index in [1.54, 1.807) is 0 Å². The molecule has 1 unspecified atom stereocenters. The lowest BCUT2D eigenvalue weighted by atomic mass is 9.97. The number of rotatable bonds is 6. The summed E-state index contributed by atoms with van der Waals surface area (Å²) in [6, 6.07) is 24.8. The third-order valence-electron chi connectivity index (χ3n) is 3.94. The second kappa shape index (κ2) is 8.32. The van der Waals surface area contributed by atoms with Crippen LogP contribution in [-0.2, 0) is 0 Å². The van der Waals surface area contributed by atoms with E-state index in [-0.39, 0.29) is 11.8 Å². The van der Waals surface area contributed by atoms with Crippen LogP contribution in [0.3, 0.4) is 0 Å². The van der Waals surface area contributed by atoms with Crippen LogP contribution in [0.5, 0.6) is 0 Å². The highest BCUT2D eigenvalue weighted by Crippen LogP contribution is 2.26. The summed E-state index contributed by atoms with van der Waals surface area (Å²) in [5, 5.41) is 4.14. The Hall–Kier alpha value is -2.10. The Labute approximate surface area is 161 Å². The molecular formula is C21H17BrClNO. The van der Waals surface area contributed by atoms with E-state index in [0.29, 0.717) is 11.4 Å². The van der Waals surface area contributed by atoms with Gasteiger partial charge in [-0.1, -0.05) is 70.0 Å². The van der Waals surface area contributed by atoms with E-state index in [9.17, 15) is 4.79 Å². The molecule has 0 aliphatic rings. The van der Waals surface area contributed by atoms with Gasteiger partial charge in [-0.15, -0.1) is 0 Å². The van der Waals surface area contributed by atoms with Gasteiger partial charge in [-0.3, -0.25) is 4.79 Å². The number of halogens is 2. The van der Waals surface area contributed by atoms with E-state index in [1.165, 1.54) is 0 Å². The van der Waals surface area contributed by atoms with E-state index in [2.05, 4.69) is 21.2 Å². The minimum absolute atomic E-state index is 0.102. The van der Waals surface area contributed by atoms with Gasteiger partial charge in [-0.25, -0.2) is 0 Å². The number of benzene rings is 3. The summed E-state index contributed by atoms with van der Waals surface area (Å²) in [5.74, 6) is 0.102. The first kappa shape index (κ1) is 17.7. The number of anilines is 1. The first-order chi connectivity index (χ1) is 12.1. The molecule has 3 aromatic rings. The average molecular weight is 415 g/mol. The van der Waals surface area contributed by atoms with Crippen molar-refractivity contribution in [1.82, 2.24) is 0 Å². The maximum Gasteiger partial charge on any atom is 0.165 e. The van der Waals surface area contributed by atoms with Crippen LogP contribution >= 0.6 is 27.5 Å².